The van der Waals surface area contributed by atoms with Crippen LogP contribution >= 0.6 is 0 Å². The highest BCUT2D eigenvalue weighted by atomic mass is 16.3. The number of benzene rings is 1. The normalized spacial score (nSPS) is 31.8. The Labute approximate surface area is 119 Å². The van der Waals surface area contributed by atoms with Gasteiger partial charge in [-0.3, -0.25) is 4.79 Å². The average molecular weight is 271 g/mol. The van der Waals surface area contributed by atoms with Crippen LogP contribution in [0.4, 0.5) is 0 Å². The molecular weight excluding hydrogens is 250 g/mol. The summed E-state index contributed by atoms with van der Waals surface area (Å²) in [5, 5.41) is 13.4. The topological polar surface area (TPSA) is 49.3 Å². The molecule has 1 amide bonds. The molecule has 0 heterocycles. The summed E-state index contributed by atoms with van der Waals surface area (Å²) in [4.78, 5) is 11.6. The van der Waals surface area contributed by atoms with Gasteiger partial charge in [0.1, 0.15) is 0 Å². The zero-order valence-corrected chi connectivity index (χ0v) is 11.8. The molecule has 3 aliphatic rings. The number of fused-ring (bicyclic) bond motifs is 2. The summed E-state index contributed by atoms with van der Waals surface area (Å²) >= 11 is 0. The minimum absolute atomic E-state index is 0.0743. The molecule has 1 fully saturated rings. The van der Waals surface area contributed by atoms with Crippen molar-refractivity contribution in [3.63, 3.8) is 0 Å². The fraction of sp³-hybridized carbons (Fsp3) is 0.471. The van der Waals surface area contributed by atoms with Crippen LogP contribution in [-0.4, -0.2) is 23.7 Å². The fourth-order valence-electron chi connectivity index (χ4n) is 3.72. The van der Waals surface area contributed by atoms with Crippen molar-refractivity contribution < 1.29 is 9.90 Å². The van der Waals surface area contributed by atoms with Crippen LogP contribution in [0, 0.1) is 11.8 Å². The monoisotopic (exact) mass is 271 g/mol. The molecule has 0 aromatic heterocycles. The first-order valence-electron chi connectivity index (χ1n) is 7.32. The molecule has 3 atom stereocenters. The first-order valence-corrected chi connectivity index (χ1v) is 7.32. The molecule has 0 radical (unpaired) electrons. The molecule has 3 nitrogen and oxygen atoms in total. The molecule has 1 aromatic rings. The van der Waals surface area contributed by atoms with E-state index < -0.39 is 5.60 Å². The molecule has 1 saturated carbocycles. The molecule has 3 heteroatoms. The summed E-state index contributed by atoms with van der Waals surface area (Å²) in [5.41, 5.74) is 1.74. The van der Waals surface area contributed by atoms with E-state index in [1.165, 1.54) is 11.1 Å². The molecule has 0 saturated heterocycles. The number of amides is 1. The van der Waals surface area contributed by atoms with E-state index >= 15 is 0 Å². The maximum atomic E-state index is 11.6. The van der Waals surface area contributed by atoms with Crippen LogP contribution in [0.15, 0.2) is 36.4 Å². The number of carbonyl (C=O) groups excluding carboxylic acids is 1. The number of nitrogens with one attached hydrogen (secondary N) is 1. The van der Waals surface area contributed by atoms with Crippen molar-refractivity contribution in [2.45, 2.75) is 31.3 Å². The quantitative estimate of drug-likeness (QED) is 0.886. The minimum Gasteiger partial charge on any atom is -0.389 e. The number of aliphatic hydroxyl groups is 1. The Morgan fingerprint density at radius 1 is 1.35 bits per heavy atom. The maximum Gasteiger partial charge on any atom is 0.222 e. The second-order valence-electron chi connectivity index (χ2n) is 6.03. The van der Waals surface area contributed by atoms with Crippen LogP contribution in [0.2, 0.25) is 0 Å². The van der Waals surface area contributed by atoms with Gasteiger partial charge in [-0.25, -0.2) is 0 Å². The smallest absolute Gasteiger partial charge is 0.222 e. The molecule has 20 heavy (non-hydrogen) atoms. The van der Waals surface area contributed by atoms with Crippen LogP contribution in [-0.2, 0) is 4.79 Å². The highest BCUT2D eigenvalue weighted by Gasteiger charge is 2.47. The molecular formula is C17H21NO2. The van der Waals surface area contributed by atoms with Crippen LogP contribution in [0.3, 0.4) is 0 Å². The maximum absolute atomic E-state index is 11.6. The summed E-state index contributed by atoms with van der Waals surface area (Å²) < 4.78 is 0. The second-order valence-corrected chi connectivity index (χ2v) is 6.03. The van der Waals surface area contributed by atoms with Gasteiger partial charge < -0.3 is 10.4 Å². The van der Waals surface area contributed by atoms with Crippen molar-refractivity contribution in [2.24, 2.45) is 11.8 Å². The number of carbonyl (C=O) groups is 1. The number of hydrogen-bond donors (Lipinski definition) is 2. The van der Waals surface area contributed by atoms with Crippen molar-refractivity contribution in [1.82, 2.24) is 5.32 Å². The van der Waals surface area contributed by atoms with E-state index in [-0.39, 0.29) is 18.2 Å². The van der Waals surface area contributed by atoms with Gasteiger partial charge in [-0.2, -0.15) is 0 Å². The summed E-state index contributed by atoms with van der Waals surface area (Å²) in [6.45, 7) is 0. The van der Waals surface area contributed by atoms with E-state index in [0.717, 1.165) is 12.8 Å². The van der Waals surface area contributed by atoms with E-state index in [0.29, 0.717) is 12.3 Å². The molecule has 0 spiro atoms. The molecule has 1 aromatic carbocycles. The van der Waals surface area contributed by atoms with Crippen LogP contribution in [0.1, 0.15) is 31.2 Å². The average Bonchev–Trinajstić information content (AvgIpc) is 2.48. The standard InChI is InChI=1S/C17H21NO2/c1-18-16(19)11-17(20)10-13-7-8-14(17)9-15(13)12-5-3-2-4-6-12/h2-6,9,13-14,20H,7-8,10-11H2,1H3,(H,18,19). The lowest BCUT2D eigenvalue weighted by molar-refractivity contribution is -0.130. The van der Waals surface area contributed by atoms with Crippen molar-refractivity contribution >= 4 is 11.5 Å². The van der Waals surface area contributed by atoms with Crippen LogP contribution in [0.25, 0.3) is 5.57 Å². The van der Waals surface area contributed by atoms with E-state index in [4.69, 9.17) is 0 Å². The number of hydrogen-bond acceptors (Lipinski definition) is 2. The van der Waals surface area contributed by atoms with Gasteiger partial charge in [-0.15, -0.1) is 0 Å². The zero-order chi connectivity index (χ0) is 14.2. The first-order chi connectivity index (χ1) is 9.62. The Hall–Kier alpha value is -1.61. The zero-order valence-electron chi connectivity index (χ0n) is 11.8. The summed E-state index contributed by atoms with van der Waals surface area (Å²) in [6, 6.07) is 10.4. The van der Waals surface area contributed by atoms with Gasteiger partial charge in [-0.05, 0) is 36.3 Å². The highest BCUT2D eigenvalue weighted by Crippen LogP contribution is 2.50. The lowest BCUT2D eigenvalue weighted by Gasteiger charge is -2.47. The van der Waals surface area contributed by atoms with Gasteiger partial charge in [0, 0.05) is 13.0 Å². The first kappa shape index (κ1) is 13.4. The fourth-order valence-corrected chi connectivity index (χ4v) is 3.72. The predicted molar refractivity (Wildman–Crippen MR) is 78.9 cm³/mol. The van der Waals surface area contributed by atoms with Gasteiger partial charge in [0.05, 0.1) is 12.0 Å². The van der Waals surface area contributed by atoms with E-state index in [1.807, 2.05) is 6.07 Å². The Kier molecular flexibility index (Phi) is 3.38. The third-order valence-electron chi connectivity index (χ3n) is 4.79. The van der Waals surface area contributed by atoms with Crippen LogP contribution < -0.4 is 5.32 Å². The van der Waals surface area contributed by atoms with Gasteiger partial charge >= 0.3 is 0 Å². The lowest BCUT2D eigenvalue weighted by atomic mass is 9.61. The molecule has 2 N–H and O–H groups in total. The van der Waals surface area contributed by atoms with E-state index in [9.17, 15) is 9.90 Å². The van der Waals surface area contributed by atoms with Crippen molar-refractivity contribution in [3.05, 3.63) is 42.0 Å². The van der Waals surface area contributed by atoms with Gasteiger partial charge in [0.2, 0.25) is 5.91 Å². The van der Waals surface area contributed by atoms with E-state index in [2.05, 4.69) is 35.7 Å². The molecule has 2 bridgehead atoms. The SMILES string of the molecule is CNC(=O)CC1(O)CC2CCC1C=C2c1ccccc1. The molecule has 3 unspecified atom stereocenters. The molecule has 0 aliphatic heterocycles. The number of allylic oxidation sites excluding steroid dienone is 1. The van der Waals surface area contributed by atoms with Gasteiger partial charge in [0.25, 0.3) is 0 Å². The summed E-state index contributed by atoms with van der Waals surface area (Å²) in [7, 11) is 1.62. The Balaban J connectivity index is 1.88. The van der Waals surface area contributed by atoms with Gasteiger partial charge in [-0.1, -0.05) is 36.4 Å². The van der Waals surface area contributed by atoms with Gasteiger partial charge in [0.15, 0.2) is 0 Å². The summed E-state index contributed by atoms with van der Waals surface area (Å²) in [5.74, 6) is 0.395. The van der Waals surface area contributed by atoms with Crippen molar-refractivity contribution in [3.8, 4) is 0 Å². The summed E-state index contributed by atoms with van der Waals surface area (Å²) in [6.07, 6.45) is 5.21. The minimum atomic E-state index is -0.860. The Bertz CT molecular complexity index is 537. The van der Waals surface area contributed by atoms with Crippen LogP contribution in [0.5, 0.6) is 0 Å². The molecule has 106 valence electrons. The molecule has 4 rings (SSSR count). The molecule has 3 aliphatic carbocycles. The van der Waals surface area contributed by atoms with E-state index in [1.54, 1.807) is 7.05 Å². The van der Waals surface area contributed by atoms with Crippen molar-refractivity contribution in [1.29, 1.82) is 0 Å². The number of rotatable bonds is 3. The third kappa shape index (κ3) is 2.27. The Morgan fingerprint density at radius 3 is 2.70 bits per heavy atom. The second kappa shape index (κ2) is 5.06. The Morgan fingerprint density at radius 2 is 2.10 bits per heavy atom. The predicted octanol–water partition coefficient (Wildman–Crippen LogP) is 2.37. The third-order valence-corrected chi connectivity index (χ3v) is 4.79. The lowest BCUT2D eigenvalue weighted by Crippen LogP contribution is -2.48. The largest absolute Gasteiger partial charge is 0.389 e. The van der Waals surface area contributed by atoms with Crippen molar-refractivity contribution in [2.75, 3.05) is 7.05 Å². The highest BCUT2D eigenvalue weighted by molar-refractivity contribution is 5.78.